The fourth-order valence-corrected chi connectivity index (χ4v) is 2.24. The van der Waals surface area contributed by atoms with Gasteiger partial charge in [-0.05, 0) is 0 Å². The largest absolute Gasteiger partial charge is 0.383 e. The molecule has 2 aromatic heterocycles. The van der Waals surface area contributed by atoms with Crippen LogP contribution in [0.5, 0.6) is 0 Å². The average Bonchev–Trinajstić information content (AvgIpc) is 2.78. The molecule has 0 aliphatic carbocycles. The van der Waals surface area contributed by atoms with Crippen LogP contribution < -0.4 is 5.73 Å². The van der Waals surface area contributed by atoms with E-state index in [4.69, 9.17) is 5.73 Å². The number of aryl methyl sites for hydroxylation is 1. The third kappa shape index (κ3) is 2.26. The van der Waals surface area contributed by atoms with Crippen molar-refractivity contribution in [2.45, 2.75) is 6.54 Å². The zero-order chi connectivity index (χ0) is 15.1. The zero-order valence-electron chi connectivity index (χ0n) is 11.8. The van der Waals surface area contributed by atoms with Crippen molar-refractivity contribution in [1.82, 2.24) is 29.5 Å². The zero-order valence-corrected chi connectivity index (χ0v) is 11.8. The van der Waals surface area contributed by atoms with Gasteiger partial charge in [0.2, 0.25) is 11.8 Å². The van der Waals surface area contributed by atoms with Crippen LogP contribution in [0.1, 0.15) is 5.82 Å². The highest BCUT2D eigenvalue weighted by Gasteiger charge is 2.28. The Morgan fingerprint density at radius 1 is 1.19 bits per heavy atom. The van der Waals surface area contributed by atoms with Crippen molar-refractivity contribution in [1.29, 1.82) is 0 Å². The lowest BCUT2D eigenvalue weighted by Gasteiger charge is -2.31. The summed E-state index contributed by atoms with van der Waals surface area (Å²) in [7, 11) is 3.36. The molecule has 0 atom stereocenters. The van der Waals surface area contributed by atoms with Gasteiger partial charge >= 0.3 is 0 Å². The number of rotatable bonds is 2. The van der Waals surface area contributed by atoms with E-state index < -0.39 is 0 Å². The van der Waals surface area contributed by atoms with E-state index in [-0.39, 0.29) is 31.4 Å². The Morgan fingerprint density at radius 2 is 1.95 bits per heavy atom. The van der Waals surface area contributed by atoms with Crippen LogP contribution in [0.3, 0.4) is 0 Å². The number of carbonyl (C=O) groups is 2. The van der Waals surface area contributed by atoms with E-state index >= 15 is 0 Å². The standard InChI is InChI=1S/C12H15N7O2/c1-17-5-10(21)19(6-9(17)20)4-8-15-11(13)7-3-14-18(2)12(7)16-8/h3H,4-6H2,1-2H3,(H2,13,15,16). The molecule has 0 bridgehead atoms. The highest BCUT2D eigenvalue weighted by Crippen LogP contribution is 2.17. The number of anilines is 1. The third-order valence-corrected chi connectivity index (χ3v) is 3.48. The highest BCUT2D eigenvalue weighted by molar-refractivity contribution is 5.92. The first kappa shape index (κ1) is 13.3. The molecule has 2 aromatic rings. The summed E-state index contributed by atoms with van der Waals surface area (Å²) >= 11 is 0. The fraction of sp³-hybridized carbons (Fsp3) is 0.417. The number of nitrogen functional groups attached to an aromatic ring is 1. The fourth-order valence-electron chi connectivity index (χ4n) is 2.24. The molecule has 0 saturated carbocycles. The van der Waals surface area contributed by atoms with Crippen molar-refractivity contribution in [2.75, 3.05) is 25.9 Å². The summed E-state index contributed by atoms with van der Waals surface area (Å²) in [6, 6.07) is 0. The van der Waals surface area contributed by atoms with Crippen molar-refractivity contribution < 1.29 is 9.59 Å². The minimum absolute atomic E-state index is 0.0298. The maximum atomic E-state index is 11.9. The number of piperazine rings is 1. The molecule has 110 valence electrons. The van der Waals surface area contributed by atoms with Crippen LogP contribution in [0, 0.1) is 0 Å². The van der Waals surface area contributed by atoms with Crippen molar-refractivity contribution >= 4 is 28.7 Å². The summed E-state index contributed by atoms with van der Waals surface area (Å²) in [6.07, 6.45) is 1.60. The van der Waals surface area contributed by atoms with Crippen LogP contribution in [0.2, 0.25) is 0 Å². The molecule has 1 aliphatic heterocycles. The maximum absolute atomic E-state index is 11.9. The van der Waals surface area contributed by atoms with Crippen molar-refractivity contribution in [2.24, 2.45) is 7.05 Å². The van der Waals surface area contributed by atoms with Gasteiger partial charge in [-0.15, -0.1) is 0 Å². The summed E-state index contributed by atoms with van der Waals surface area (Å²) in [6.45, 7) is 0.258. The second-order valence-electron chi connectivity index (χ2n) is 5.03. The lowest BCUT2D eigenvalue weighted by molar-refractivity contribution is -0.149. The second kappa shape index (κ2) is 4.69. The van der Waals surface area contributed by atoms with Gasteiger partial charge < -0.3 is 15.5 Å². The summed E-state index contributed by atoms with van der Waals surface area (Å²) in [5.41, 5.74) is 6.48. The molecule has 3 rings (SSSR count). The van der Waals surface area contributed by atoms with Crippen molar-refractivity contribution in [3.63, 3.8) is 0 Å². The average molecular weight is 289 g/mol. The molecule has 0 radical (unpaired) electrons. The molecular weight excluding hydrogens is 274 g/mol. The molecule has 9 heteroatoms. The van der Waals surface area contributed by atoms with Crippen LogP contribution in [-0.4, -0.2) is 61.5 Å². The van der Waals surface area contributed by atoms with Gasteiger partial charge in [0.25, 0.3) is 0 Å². The number of amides is 2. The molecule has 2 N–H and O–H groups in total. The summed E-state index contributed by atoms with van der Waals surface area (Å²) in [5.74, 6) is 0.471. The normalized spacial score (nSPS) is 16.1. The van der Waals surface area contributed by atoms with Gasteiger partial charge in [0.05, 0.1) is 24.7 Å². The van der Waals surface area contributed by atoms with Crippen LogP contribution in [-0.2, 0) is 23.2 Å². The van der Waals surface area contributed by atoms with Gasteiger partial charge in [0.1, 0.15) is 12.4 Å². The van der Waals surface area contributed by atoms with Gasteiger partial charge in [-0.25, -0.2) is 9.97 Å². The Morgan fingerprint density at radius 3 is 2.71 bits per heavy atom. The molecule has 9 nitrogen and oxygen atoms in total. The van der Waals surface area contributed by atoms with Crippen LogP contribution in [0.15, 0.2) is 6.20 Å². The van der Waals surface area contributed by atoms with Crippen molar-refractivity contribution in [3.05, 3.63) is 12.0 Å². The Hall–Kier alpha value is -2.71. The number of aromatic nitrogens is 4. The Bertz CT molecular complexity index is 739. The number of hydrogen-bond acceptors (Lipinski definition) is 6. The summed E-state index contributed by atoms with van der Waals surface area (Å²) in [4.78, 5) is 35.0. The minimum Gasteiger partial charge on any atom is -0.383 e. The number of nitrogens with two attached hydrogens (primary N) is 1. The van der Waals surface area contributed by atoms with Crippen LogP contribution in [0.25, 0.3) is 11.0 Å². The number of likely N-dealkylation sites (N-methyl/N-ethyl adjacent to an activating group) is 1. The van der Waals surface area contributed by atoms with E-state index in [1.807, 2.05) is 0 Å². The SMILES string of the molecule is CN1CC(=O)N(Cc2nc(N)c3cnn(C)c3n2)CC1=O. The molecule has 1 aliphatic rings. The Balaban J connectivity index is 1.89. The first-order valence-electron chi connectivity index (χ1n) is 6.41. The summed E-state index contributed by atoms with van der Waals surface area (Å²) < 4.78 is 1.59. The predicted molar refractivity (Wildman–Crippen MR) is 73.8 cm³/mol. The summed E-state index contributed by atoms with van der Waals surface area (Å²) in [5, 5.41) is 4.74. The van der Waals surface area contributed by atoms with Gasteiger partial charge in [0.15, 0.2) is 11.5 Å². The van der Waals surface area contributed by atoms with Crippen molar-refractivity contribution in [3.8, 4) is 0 Å². The lowest BCUT2D eigenvalue weighted by Crippen LogP contribution is -2.51. The predicted octanol–water partition coefficient (Wildman–Crippen LogP) is -1.25. The first-order chi connectivity index (χ1) is 9.95. The van der Waals surface area contributed by atoms with Gasteiger partial charge in [-0.1, -0.05) is 0 Å². The number of fused-ring (bicyclic) bond motifs is 1. The van der Waals surface area contributed by atoms with Gasteiger partial charge in [-0.3, -0.25) is 14.3 Å². The van der Waals surface area contributed by atoms with E-state index in [1.165, 1.54) is 9.80 Å². The second-order valence-corrected chi connectivity index (χ2v) is 5.03. The monoisotopic (exact) mass is 289 g/mol. The molecule has 2 amide bonds. The number of nitrogens with zero attached hydrogens (tertiary/aromatic N) is 6. The molecule has 3 heterocycles. The number of hydrogen-bond donors (Lipinski definition) is 1. The number of carbonyl (C=O) groups excluding carboxylic acids is 2. The minimum atomic E-state index is -0.135. The molecule has 0 unspecified atom stereocenters. The third-order valence-electron chi connectivity index (χ3n) is 3.48. The molecule has 1 saturated heterocycles. The van der Waals surface area contributed by atoms with E-state index in [2.05, 4.69) is 15.1 Å². The van der Waals surface area contributed by atoms with E-state index in [9.17, 15) is 9.59 Å². The molecular formula is C12H15N7O2. The van der Waals surface area contributed by atoms with E-state index in [0.29, 0.717) is 22.7 Å². The molecule has 0 spiro atoms. The smallest absolute Gasteiger partial charge is 0.243 e. The van der Waals surface area contributed by atoms with Gasteiger partial charge in [0, 0.05) is 14.1 Å². The first-order valence-corrected chi connectivity index (χ1v) is 6.41. The van der Waals surface area contributed by atoms with Crippen LogP contribution in [0.4, 0.5) is 5.82 Å². The van der Waals surface area contributed by atoms with E-state index in [0.717, 1.165) is 0 Å². The Kier molecular flexibility index (Phi) is 2.96. The quantitative estimate of drug-likeness (QED) is 0.739. The van der Waals surface area contributed by atoms with Gasteiger partial charge in [-0.2, -0.15) is 5.10 Å². The molecule has 1 fully saturated rings. The van der Waals surface area contributed by atoms with E-state index in [1.54, 1.807) is 25.0 Å². The topological polar surface area (TPSA) is 110 Å². The molecule has 21 heavy (non-hydrogen) atoms. The lowest BCUT2D eigenvalue weighted by atomic mass is 10.3. The van der Waals surface area contributed by atoms with Crippen LogP contribution >= 0.6 is 0 Å². The highest BCUT2D eigenvalue weighted by atomic mass is 16.2. The molecule has 0 aromatic carbocycles. The maximum Gasteiger partial charge on any atom is 0.243 e. The Labute approximate surface area is 120 Å².